The fourth-order valence-corrected chi connectivity index (χ4v) is 9.93. The first kappa shape index (κ1) is 46.0. The van der Waals surface area contributed by atoms with E-state index in [-0.39, 0.29) is 68.9 Å². The minimum atomic E-state index is -1.42. The van der Waals surface area contributed by atoms with Crippen molar-refractivity contribution in [2.75, 3.05) is 33.0 Å². The number of para-hydroxylation sites is 1. The molecule has 3 aromatic carbocycles. The topological polar surface area (TPSA) is 181 Å². The minimum absolute atomic E-state index is 0.0188. The molecule has 0 radical (unpaired) electrons. The molecule has 4 N–H and O–H groups in total. The van der Waals surface area contributed by atoms with E-state index in [1.807, 2.05) is 54.3 Å². The van der Waals surface area contributed by atoms with Gasteiger partial charge in [0.05, 0.1) is 29.7 Å². The van der Waals surface area contributed by atoms with E-state index in [4.69, 9.17) is 24.2 Å². The average Bonchev–Trinajstić information content (AvgIpc) is 3.73. The van der Waals surface area contributed by atoms with Crippen LogP contribution < -0.4 is 14.8 Å². The Labute approximate surface area is 374 Å². The zero-order valence-corrected chi connectivity index (χ0v) is 36.7. The van der Waals surface area contributed by atoms with Gasteiger partial charge in [0.15, 0.2) is 0 Å². The van der Waals surface area contributed by atoms with Crippen molar-refractivity contribution in [3.63, 3.8) is 0 Å². The molecular weight excluding hydrogens is 815 g/mol. The second-order valence-electron chi connectivity index (χ2n) is 16.8. The molecule has 2 aliphatic carbocycles. The highest BCUT2D eigenvalue weighted by atomic mass is 16.7. The van der Waals surface area contributed by atoms with Crippen molar-refractivity contribution in [1.29, 1.82) is 0 Å². The lowest BCUT2D eigenvalue weighted by molar-refractivity contribution is -0.384. The van der Waals surface area contributed by atoms with Gasteiger partial charge in [-0.25, -0.2) is 4.79 Å². The van der Waals surface area contributed by atoms with Gasteiger partial charge in [0.25, 0.3) is 5.69 Å². The maximum Gasteiger partial charge on any atom is 0.318 e. The number of carbonyl (C=O) groups excluding carboxylic acids is 1. The third-order valence-corrected chi connectivity index (χ3v) is 12.7. The molecule has 1 saturated carbocycles. The standard InChI is InChI=1S/C50H61N5O9/c1-4-23-54(49(58)51-32-37-28-36-14-7-8-16-43(36)52-37)46-31-44(53-63-33-34-17-19-38(20-18-34)55(59)60)41-29-35(13-9-11-24-56)40(15-10-12-25-57)47-42-30-39(61-26-5-2)21-22-45(42)64-50(46,48(41)47)62-27-6-3/h5-8,14,16-22,28-30,35,40,46-48,52,56-57H,2-4,9-13,15,23-27,31-33H2,1H3,(H,51,58). The van der Waals surface area contributed by atoms with E-state index >= 15 is 0 Å². The maximum atomic E-state index is 14.8. The highest BCUT2D eigenvalue weighted by Gasteiger charge is 2.65. The van der Waals surface area contributed by atoms with Crippen LogP contribution in [0.2, 0.25) is 0 Å². The number of nitro groups is 1. The molecule has 64 heavy (non-hydrogen) atoms. The van der Waals surface area contributed by atoms with Gasteiger partial charge in [0.2, 0.25) is 5.79 Å². The molecule has 4 aromatic rings. The summed E-state index contributed by atoms with van der Waals surface area (Å²) < 4.78 is 20.6. The van der Waals surface area contributed by atoms with Crippen molar-refractivity contribution in [3.8, 4) is 11.5 Å². The Kier molecular flexibility index (Phi) is 15.5. The lowest BCUT2D eigenvalue weighted by atomic mass is 9.55. The Balaban J connectivity index is 1.38. The van der Waals surface area contributed by atoms with Gasteiger partial charge < -0.3 is 44.5 Å². The van der Waals surface area contributed by atoms with Crippen LogP contribution >= 0.6 is 0 Å². The Morgan fingerprint density at radius 1 is 1.03 bits per heavy atom. The Hall–Kier alpha value is -5.96. The van der Waals surface area contributed by atoms with Crippen LogP contribution in [0.3, 0.4) is 0 Å². The number of nitro benzene ring substituents is 1. The molecule has 14 heteroatoms. The molecule has 1 fully saturated rings. The number of nitrogens with zero attached hydrogens (tertiary/aromatic N) is 3. The van der Waals surface area contributed by atoms with Crippen molar-refractivity contribution in [2.45, 2.75) is 89.2 Å². The monoisotopic (exact) mass is 875 g/mol. The summed E-state index contributed by atoms with van der Waals surface area (Å²) in [6, 6.07) is 21.1. The first-order valence-electron chi connectivity index (χ1n) is 22.5. The molecule has 7 rings (SSSR count). The number of oxime groups is 1. The van der Waals surface area contributed by atoms with E-state index in [0.717, 1.165) is 53.4 Å². The number of H-pyrrole nitrogens is 1. The van der Waals surface area contributed by atoms with Crippen molar-refractivity contribution in [3.05, 3.63) is 137 Å². The van der Waals surface area contributed by atoms with Gasteiger partial charge in [-0.1, -0.05) is 67.9 Å². The fraction of sp³-hybridized carbons (Fsp3) is 0.440. The largest absolute Gasteiger partial charge is 0.490 e. The summed E-state index contributed by atoms with van der Waals surface area (Å²) in [6.45, 7) is 11.2. The summed E-state index contributed by atoms with van der Waals surface area (Å²) in [6.07, 6.45) is 11.1. The molecule has 6 unspecified atom stereocenters. The van der Waals surface area contributed by atoms with Crippen LogP contribution in [0.5, 0.6) is 11.5 Å². The normalized spacial score (nSPS) is 22.7. The summed E-state index contributed by atoms with van der Waals surface area (Å²) >= 11 is 0. The van der Waals surface area contributed by atoms with Gasteiger partial charge in [-0.15, -0.1) is 6.58 Å². The van der Waals surface area contributed by atoms with E-state index in [1.54, 1.807) is 24.3 Å². The van der Waals surface area contributed by atoms with Gasteiger partial charge in [-0.2, -0.15) is 0 Å². The first-order valence-corrected chi connectivity index (χ1v) is 22.5. The van der Waals surface area contributed by atoms with E-state index in [9.17, 15) is 25.1 Å². The number of aliphatic hydroxyl groups excluding tert-OH is 2. The molecule has 2 heterocycles. The van der Waals surface area contributed by atoms with Gasteiger partial charge >= 0.3 is 6.03 Å². The number of carbonyl (C=O) groups is 1. The number of aromatic amines is 1. The minimum Gasteiger partial charge on any atom is -0.490 e. The number of aliphatic hydroxyl groups is 2. The van der Waals surface area contributed by atoms with Crippen LogP contribution in [0, 0.1) is 27.9 Å². The second-order valence-corrected chi connectivity index (χ2v) is 16.8. The number of allylic oxidation sites excluding steroid dienone is 1. The zero-order chi connectivity index (χ0) is 45.1. The van der Waals surface area contributed by atoms with Crippen LogP contribution in [0.15, 0.2) is 115 Å². The molecule has 0 bridgehead atoms. The molecule has 0 saturated heterocycles. The lowest BCUT2D eigenvalue weighted by Gasteiger charge is -2.60. The van der Waals surface area contributed by atoms with Crippen LogP contribution in [-0.2, 0) is 22.7 Å². The molecular formula is C50H61N5O9. The average molecular weight is 876 g/mol. The second kappa shape index (κ2) is 21.6. The molecule has 3 aliphatic rings. The van der Waals surface area contributed by atoms with Crippen LogP contribution in [0.25, 0.3) is 10.9 Å². The number of hydrogen-bond acceptors (Lipinski definition) is 10. The smallest absolute Gasteiger partial charge is 0.318 e. The number of unbranched alkanes of at least 4 members (excludes halogenated alkanes) is 2. The summed E-state index contributed by atoms with van der Waals surface area (Å²) in [7, 11) is 0. The highest BCUT2D eigenvalue weighted by molar-refractivity contribution is 6.03. The quantitative estimate of drug-likeness (QED) is 0.0245. The summed E-state index contributed by atoms with van der Waals surface area (Å²) in [5.41, 5.74) is 5.04. The van der Waals surface area contributed by atoms with Crippen molar-refractivity contribution >= 4 is 28.3 Å². The third kappa shape index (κ3) is 10.0. The molecule has 1 aromatic heterocycles. The van der Waals surface area contributed by atoms with Gasteiger partial charge in [-0.05, 0) is 103 Å². The van der Waals surface area contributed by atoms with Crippen molar-refractivity contribution < 1.29 is 39.0 Å². The van der Waals surface area contributed by atoms with E-state index in [0.29, 0.717) is 55.2 Å². The number of aromatic nitrogens is 1. The summed E-state index contributed by atoms with van der Waals surface area (Å²) in [5.74, 6) is -0.751. The number of non-ortho nitro benzene ring substituents is 1. The Morgan fingerprint density at radius 3 is 2.52 bits per heavy atom. The fourth-order valence-electron chi connectivity index (χ4n) is 9.93. The molecule has 0 spiro atoms. The maximum absolute atomic E-state index is 14.8. The molecule has 1 aliphatic heterocycles. The number of fused-ring (bicyclic) bond motifs is 3. The molecule has 340 valence electrons. The third-order valence-electron chi connectivity index (χ3n) is 12.7. The van der Waals surface area contributed by atoms with E-state index in [1.165, 1.54) is 12.1 Å². The molecule has 2 amide bonds. The SMILES string of the molecule is C=CCOc1ccc2c(c1)C1C(CCCCO)C(CCCCO)C=C3C(=NOCc4ccc([N+](=O)[O-])cc4)CC(N(CCC)C(=O)NCc4cc5ccccc5[nH]4)C(OCC=C)(O2)C31. The van der Waals surface area contributed by atoms with Crippen LogP contribution in [0.4, 0.5) is 10.5 Å². The van der Waals surface area contributed by atoms with E-state index in [2.05, 4.69) is 35.6 Å². The number of rotatable bonds is 23. The number of nitrogens with one attached hydrogen (secondary N) is 2. The van der Waals surface area contributed by atoms with Crippen LogP contribution in [0.1, 0.15) is 81.0 Å². The van der Waals surface area contributed by atoms with Gasteiger partial charge in [-0.3, -0.25) is 10.1 Å². The molecule has 6 atom stereocenters. The zero-order valence-electron chi connectivity index (χ0n) is 36.7. The van der Waals surface area contributed by atoms with Gasteiger partial charge in [0, 0.05) is 61.0 Å². The first-order chi connectivity index (χ1) is 31.2. The summed E-state index contributed by atoms with van der Waals surface area (Å²) in [5, 5.41) is 40.4. The van der Waals surface area contributed by atoms with Crippen LogP contribution in [-0.4, -0.2) is 81.6 Å². The number of urea groups is 1. The van der Waals surface area contributed by atoms with Gasteiger partial charge in [0.1, 0.15) is 30.8 Å². The number of amides is 2. The summed E-state index contributed by atoms with van der Waals surface area (Å²) in [4.78, 5) is 37.2. The predicted molar refractivity (Wildman–Crippen MR) is 246 cm³/mol. The predicted octanol–water partition coefficient (Wildman–Crippen LogP) is 9.10. The number of benzene rings is 3. The lowest BCUT2D eigenvalue weighted by Crippen LogP contribution is -2.70. The van der Waals surface area contributed by atoms with Crippen molar-refractivity contribution in [1.82, 2.24) is 15.2 Å². The number of ether oxygens (including phenoxy) is 3. The highest BCUT2D eigenvalue weighted by Crippen LogP contribution is 2.62. The Bertz CT molecular complexity index is 2270. The number of hydrogen-bond donors (Lipinski definition) is 4. The Morgan fingerprint density at radius 2 is 1.80 bits per heavy atom. The van der Waals surface area contributed by atoms with E-state index < -0.39 is 22.7 Å². The van der Waals surface area contributed by atoms with Crippen molar-refractivity contribution in [2.24, 2.45) is 22.9 Å². The molecule has 14 nitrogen and oxygen atoms in total.